The van der Waals surface area contributed by atoms with Gasteiger partial charge < -0.3 is 14.8 Å². The van der Waals surface area contributed by atoms with E-state index in [9.17, 15) is 8.42 Å². The molecule has 1 aromatic rings. The lowest BCUT2D eigenvalue weighted by molar-refractivity contribution is 0.283. The van der Waals surface area contributed by atoms with Crippen molar-refractivity contribution in [3.63, 3.8) is 0 Å². The highest BCUT2D eigenvalue weighted by molar-refractivity contribution is 9.10. The van der Waals surface area contributed by atoms with Gasteiger partial charge in [0.05, 0.1) is 14.2 Å². The smallest absolute Gasteiger partial charge is 0.244 e. The van der Waals surface area contributed by atoms with E-state index in [0.717, 1.165) is 0 Å². The molecule has 118 valence electrons. The van der Waals surface area contributed by atoms with Crippen LogP contribution in [0.25, 0.3) is 0 Å². The lowest BCUT2D eigenvalue weighted by Gasteiger charge is -2.33. The van der Waals surface area contributed by atoms with Crippen LogP contribution in [0.2, 0.25) is 0 Å². The van der Waals surface area contributed by atoms with Crippen LogP contribution in [-0.4, -0.2) is 52.6 Å². The van der Waals surface area contributed by atoms with Crippen molar-refractivity contribution in [3.05, 3.63) is 16.6 Å². The fraction of sp³-hybridized carbons (Fsp3) is 0.538. The van der Waals surface area contributed by atoms with Crippen LogP contribution in [0.5, 0.6) is 11.5 Å². The Hall–Kier alpha value is -0.830. The first kappa shape index (κ1) is 16.5. The second-order valence-electron chi connectivity index (χ2n) is 4.81. The van der Waals surface area contributed by atoms with Gasteiger partial charge in [0.15, 0.2) is 11.5 Å². The lowest BCUT2D eigenvalue weighted by Crippen LogP contribution is -2.52. The van der Waals surface area contributed by atoms with Crippen LogP contribution in [0.1, 0.15) is 6.92 Å². The van der Waals surface area contributed by atoms with Gasteiger partial charge in [-0.05, 0) is 28.9 Å². The van der Waals surface area contributed by atoms with Crippen LogP contribution in [0.15, 0.2) is 21.5 Å². The first-order valence-corrected chi connectivity index (χ1v) is 8.79. The van der Waals surface area contributed by atoms with Gasteiger partial charge in [0.1, 0.15) is 4.90 Å². The fourth-order valence-electron chi connectivity index (χ4n) is 2.34. The number of rotatable bonds is 4. The van der Waals surface area contributed by atoms with Crippen LogP contribution in [0.4, 0.5) is 0 Å². The van der Waals surface area contributed by atoms with Crippen molar-refractivity contribution in [2.45, 2.75) is 17.9 Å². The molecule has 1 heterocycles. The third-order valence-corrected chi connectivity index (χ3v) is 6.44. The average Bonchev–Trinajstić information content (AvgIpc) is 2.46. The van der Waals surface area contributed by atoms with E-state index in [1.807, 2.05) is 6.92 Å². The summed E-state index contributed by atoms with van der Waals surface area (Å²) in [5, 5.41) is 3.18. The Morgan fingerprint density at radius 1 is 1.29 bits per heavy atom. The van der Waals surface area contributed by atoms with E-state index in [4.69, 9.17) is 9.47 Å². The summed E-state index contributed by atoms with van der Waals surface area (Å²) in [6.07, 6.45) is 0. The molecule has 0 spiro atoms. The molecule has 1 aromatic carbocycles. The van der Waals surface area contributed by atoms with Crippen LogP contribution >= 0.6 is 15.9 Å². The summed E-state index contributed by atoms with van der Waals surface area (Å²) in [6, 6.07) is 3.01. The molecule has 6 nitrogen and oxygen atoms in total. The minimum absolute atomic E-state index is 0.0938. The number of nitrogens with one attached hydrogen (secondary N) is 1. The Morgan fingerprint density at radius 2 is 1.90 bits per heavy atom. The first-order chi connectivity index (χ1) is 9.91. The van der Waals surface area contributed by atoms with Gasteiger partial charge in [0, 0.05) is 36.2 Å². The molecule has 1 saturated heterocycles. The van der Waals surface area contributed by atoms with E-state index < -0.39 is 10.0 Å². The SMILES string of the molecule is COc1cc(Br)c(S(=O)(=O)N2CCNC[C@@H]2C)cc1OC. The third-order valence-electron chi connectivity index (χ3n) is 3.47. The summed E-state index contributed by atoms with van der Waals surface area (Å²) in [6.45, 7) is 3.63. The molecule has 1 aliphatic rings. The van der Waals surface area contributed by atoms with Crippen molar-refractivity contribution in [2.24, 2.45) is 0 Å². The maximum Gasteiger partial charge on any atom is 0.244 e. The van der Waals surface area contributed by atoms with E-state index in [1.165, 1.54) is 24.6 Å². The second-order valence-corrected chi connectivity index (χ2v) is 7.52. The fourth-order valence-corrected chi connectivity index (χ4v) is 4.97. The number of hydrogen-bond acceptors (Lipinski definition) is 5. The van der Waals surface area contributed by atoms with E-state index in [-0.39, 0.29) is 10.9 Å². The number of benzene rings is 1. The molecule has 1 aliphatic heterocycles. The molecular weight excluding hydrogens is 360 g/mol. The summed E-state index contributed by atoms with van der Waals surface area (Å²) in [5.74, 6) is 0.874. The minimum atomic E-state index is -3.59. The van der Waals surface area contributed by atoms with Gasteiger partial charge in [-0.1, -0.05) is 0 Å². The Morgan fingerprint density at radius 3 is 2.48 bits per heavy atom. The molecule has 1 N–H and O–H groups in total. The van der Waals surface area contributed by atoms with E-state index in [2.05, 4.69) is 21.2 Å². The molecule has 0 aliphatic carbocycles. The third kappa shape index (κ3) is 3.18. The Balaban J connectivity index is 2.49. The van der Waals surface area contributed by atoms with Crippen LogP contribution in [0.3, 0.4) is 0 Å². The zero-order valence-corrected chi connectivity index (χ0v) is 14.6. The van der Waals surface area contributed by atoms with Gasteiger partial charge in [-0.25, -0.2) is 8.42 Å². The summed E-state index contributed by atoms with van der Waals surface area (Å²) in [7, 11) is -0.596. The standard InChI is InChI=1S/C13H19BrN2O4S/c1-9-8-15-4-5-16(9)21(17,18)13-7-12(20-3)11(19-2)6-10(13)14/h6-7,9,15H,4-5,8H2,1-3H3/t9-/m0/s1. The van der Waals surface area contributed by atoms with Gasteiger partial charge in [0.2, 0.25) is 10.0 Å². The van der Waals surface area contributed by atoms with Crippen molar-refractivity contribution in [1.82, 2.24) is 9.62 Å². The number of piperazine rings is 1. The molecule has 8 heteroatoms. The van der Waals surface area contributed by atoms with Gasteiger partial charge in [-0.2, -0.15) is 4.31 Å². The van der Waals surface area contributed by atoms with Crippen molar-refractivity contribution >= 4 is 26.0 Å². The first-order valence-electron chi connectivity index (χ1n) is 6.56. The highest BCUT2D eigenvalue weighted by Crippen LogP contribution is 2.37. The molecule has 0 unspecified atom stereocenters. The summed E-state index contributed by atoms with van der Waals surface area (Å²) in [5.41, 5.74) is 0. The Kier molecular flexibility index (Phi) is 5.13. The summed E-state index contributed by atoms with van der Waals surface area (Å²) in [4.78, 5) is 0.189. The number of nitrogens with zero attached hydrogens (tertiary/aromatic N) is 1. The maximum absolute atomic E-state index is 12.9. The zero-order valence-electron chi connectivity index (χ0n) is 12.2. The molecule has 2 rings (SSSR count). The van der Waals surface area contributed by atoms with E-state index in [0.29, 0.717) is 35.6 Å². The van der Waals surface area contributed by atoms with Crippen molar-refractivity contribution < 1.29 is 17.9 Å². The Labute approximate surface area is 133 Å². The van der Waals surface area contributed by atoms with Crippen molar-refractivity contribution in [1.29, 1.82) is 0 Å². The predicted molar refractivity (Wildman–Crippen MR) is 83.5 cm³/mol. The lowest BCUT2D eigenvalue weighted by atomic mass is 10.3. The maximum atomic E-state index is 12.9. The normalized spacial score (nSPS) is 20.3. The zero-order chi connectivity index (χ0) is 15.6. The van der Waals surface area contributed by atoms with Crippen LogP contribution < -0.4 is 14.8 Å². The molecular formula is C13H19BrN2O4S. The number of methoxy groups -OCH3 is 2. The highest BCUT2D eigenvalue weighted by atomic mass is 79.9. The van der Waals surface area contributed by atoms with Crippen LogP contribution in [0, 0.1) is 0 Å². The average molecular weight is 379 g/mol. The number of halogens is 1. The molecule has 0 aromatic heterocycles. The minimum Gasteiger partial charge on any atom is -0.493 e. The number of sulfonamides is 1. The predicted octanol–water partition coefficient (Wildman–Crippen LogP) is 1.45. The summed E-state index contributed by atoms with van der Waals surface area (Å²) < 4.78 is 38.1. The second kappa shape index (κ2) is 6.51. The largest absolute Gasteiger partial charge is 0.493 e. The molecule has 0 radical (unpaired) electrons. The molecule has 0 amide bonds. The highest BCUT2D eigenvalue weighted by Gasteiger charge is 2.33. The van der Waals surface area contributed by atoms with Gasteiger partial charge >= 0.3 is 0 Å². The molecule has 1 atom stereocenters. The van der Waals surface area contributed by atoms with Crippen molar-refractivity contribution in [2.75, 3.05) is 33.9 Å². The Bertz CT molecular complexity index is 621. The summed E-state index contributed by atoms with van der Waals surface area (Å²) >= 11 is 3.32. The number of hydrogen-bond donors (Lipinski definition) is 1. The quantitative estimate of drug-likeness (QED) is 0.858. The van der Waals surface area contributed by atoms with E-state index in [1.54, 1.807) is 6.07 Å². The topological polar surface area (TPSA) is 67.9 Å². The van der Waals surface area contributed by atoms with E-state index >= 15 is 0 Å². The van der Waals surface area contributed by atoms with Crippen molar-refractivity contribution in [3.8, 4) is 11.5 Å². The molecule has 0 bridgehead atoms. The monoisotopic (exact) mass is 378 g/mol. The molecule has 21 heavy (non-hydrogen) atoms. The molecule has 1 fully saturated rings. The van der Waals surface area contributed by atoms with Crippen LogP contribution in [-0.2, 0) is 10.0 Å². The number of ether oxygens (including phenoxy) is 2. The van der Waals surface area contributed by atoms with Gasteiger partial charge in [-0.3, -0.25) is 0 Å². The van der Waals surface area contributed by atoms with Gasteiger partial charge in [-0.15, -0.1) is 0 Å². The van der Waals surface area contributed by atoms with Gasteiger partial charge in [0.25, 0.3) is 0 Å². The molecule has 0 saturated carbocycles.